The van der Waals surface area contributed by atoms with Crippen molar-refractivity contribution < 1.29 is 13.9 Å². The van der Waals surface area contributed by atoms with Crippen LogP contribution >= 0.6 is 0 Å². The van der Waals surface area contributed by atoms with Gasteiger partial charge in [0, 0.05) is 30.4 Å². The van der Waals surface area contributed by atoms with E-state index in [0.29, 0.717) is 0 Å². The van der Waals surface area contributed by atoms with Crippen LogP contribution in [-0.4, -0.2) is 49.6 Å². The Labute approximate surface area is 172 Å². The fraction of sp³-hybridized carbons (Fsp3) is 0.375. The van der Waals surface area contributed by atoms with E-state index in [9.17, 15) is 4.79 Å². The van der Waals surface area contributed by atoms with E-state index in [4.69, 9.17) is 9.15 Å². The zero-order chi connectivity index (χ0) is 19.9. The van der Waals surface area contributed by atoms with Crippen LogP contribution in [0.4, 0.5) is 0 Å². The van der Waals surface area contributed by atoms with Gasteiger partial charge in [0.2, 0.25) is 0 Å². The van der Waals surface area contributed by atoms with Gasteiger partial charge < -0.3 is 19.4 Å². The minimum absolute atomic E-state index is 0.148. The number of ketones is 1. The molecule has 5 nitrogen and oxygen atoms in total. The molecule has 0 amide bonds. The summed E-state index contributed by atoms with van der Waals surface area (Å²) in [4.78, 5) is 15.4. The molecule has 0 spiro atoms. The molecule has 5 heteroatoms. The summed E-state index contributed by atoms with van der Waals surface area (Å²) in [6.45, 7) is 4.13. The third kappa shape index (κ3) is 5.25. The van der Waals surface area contributed by atoms with E-state index in [1.165, 1.54) is 5.70 Å². The Morgan fingerprint density at radius 3 is 2.90 bits per heavy atom. The standard InChI is InChI=1S/C24H28N2O3/c27-24(19-3-1-4-22(10-7-19)26-14-17-28-18-15-26)20-6-8-21(25-13-12-20)9-11-23-5-2-16-29-23/h2-7,9-11,16,21,25H,1,8,12-15,17-18H2. The Balaban J connectivity index is 1.38. The molecular weight excluding hydrogens is 364 g/mol. The van der Waals surface area contributed by atoms with Gasteiger partial charge in [0.1, 0.15) is 5.76 Å². The number of nitrogens with zero attached hydrogens (tertiary/aromatic N) is 1. The summed E-state index contributed by atoms with van der Waals surface area (Å²) in [6, 6.07) is 4.02. The Bertz CT molecular complexity index is 853. The van der Waals surface area contributed by atoms with E-state index in [-0.39, 0.29) is 11.8 Å². The molecule has 0 aromatic carbocycles. The Morgan fingerprint density at radius 2 is 2.07 bits per heavy atom. The van der Waals surface area contributed by atoms with E-state index in [1.807, 2.05) is 30.4 Å². The lowest BCUT2D eigenvalue weighted by molar-refractivity contribution is -0.112. The van der Waals surface area contributed by atoms with Gasteiger partial charge in [0.25, 0.3) is 0 Å². The van der Waals surface area contributed by atoms with Gasteiger partial charge >= 0.3 is 0 Å². The molecular formula is C24H28N2O3. The maximum absolute atomic E-state index is 13.1. The maximum atomic E-state index is 13.1. The van der Waals surface area contributed by atoms with Crippen molar-refractivity contribution in [3.63, 3.8) is 0 Å². The van der Waals surface area contributed by atoms with E-state index in [0.717, 1.165) is 69.0 Å². The summed E-state index contributed by atoms with van der Waals surface area (Å²) in [5, 5.41) is 3.50. The minimum atomic E-state index is 0.148. The van der Waals surface area contributed by atoms with Crippen LogP contribution < -0.4 is 5.32 Å². The Kier molecular flexibility index (Phi) is 6.60. The lowest BCUT2D eigenvalue weighted by Crippen LogP contribution is -2.35. The van der Waals surface area contributed by atoms with Crippen LogP contribution in [0.3, 0.4) is 0 Å². The van der Waals surface area contributed by atoms with E-state index >= 15 is 0 Å². The highest BCUT2D eigenvalue weighted by Crippen LogP contribution is 2.21. The molecule has 4 rings (SSSR count). The van der Waals surface area contributed by atoms with Gasteiger partial charge in [-0.2, -0.15) is 0 Å². The second-order valence-corrected chi connectivity index (χ2v) is 7.44. The van der Waals surface area contributed by atoms with Gasteiger partial charge in [-0.05, 0) is 61.7 Å². The molecule has 3 aliphatic rings. The number of nitrogens with one attached hydrogen (secondary N) is 1. The van der Waals surface area contributed by atoms with E-state index < -0.39 is 0 Å². The van der Waals surface area contributed by atoms with Crippen molar-refractivity contribution in [1.29, 1.82) is 0 Å². The van der Waals surface area contributed by atoms with Crippen LogP contribution in [0.5, 0.6) is 0 Å². The largest absolute Gasteiger partial charge is 0.465 e. The SMILES string of the molecule is O=C(C1=CCC=C(N2CCOCC2)C=C1)C1=CCC(C=Cc2ccco2)NCC1. The van der Waals surface area contributed by atoms with Crippen molar-refractivity contribution >= 4 is 11.9 Å². The highest BCUT2D eigenvalue weighted by Gasteiger charge is 2.19. The summed E-state index contributed by atoms with van der Waals surface area (Å²) in [6.07, 6.45) is 18.5. The average molecular weight is 392 g/mol. The van der Waals surface area contributed by atoms with Crippen molar-refractivity contribution in [3.8, 4) is 0 Å². The van der Waals surface area contributed by atoms with Crippen molar-refractivity contribution in [1.82, 2.24) is 10.2 Å². The molecule has 152 valence electrons. The third-order valence-electron chi connectivity index (χ3n) is 5.48. The number of furan rings is 1. The summed E-state index contributed by atoms with van der Waals surface area (Å²) in [5.41, 5.74) is 2.88. The highest BCUT2D eigenvalue weighted by molar-refractivity contribution is 6.10. The number of allylic oxidation sites excluding steroid dienone is 5. The van der Waals surface area contributed by atoms with Crippen LogP contribution in [0.2, 0.25) is 0 Å². The van der Waals surface area contributed by atoms with Crippen molar-refractivity contribution in [3.05, 3.63) is 77.5 Å². The predicted molar refractivity (Wildman–Crippen MR) is 114 cm³/mol. The monoisotopic (exact) mass is 392 g/mol. The summed E-state index contributed by atoms with van der Waals surface area (Å²) >= 11 is 0. The lowest BCUT2D eigenvalue weighted by Gasteiger charge is -2.29. The molecule has 29 heavy (non-hydrogen) atoms. The van der Waals surface area contributed by atoms with Crippen LogP contribution in [0, 0.1) is 0 Å². The Hall–Kier alpha value is -2.63. The first-order valence-electron chi connectivity index (χ1n) is 10.4. The van der Waals surface area contributed by atoms with E-state index in [2.05, 4.69) is 34.5 Å². The molecule has 1 aliphatic carbocycles. The second-order valence-electron chi connectivity index (χ2n) is 7.44. The van der Waals surface area contributed by atoms with Crippen LogP contribution in [-0.2, 0) is 9.53 Å². The first-order chi connectivity index (χ1) is 14.3. The Morgan fingerprint density at radius 1 is 1.17 bits per heavy atom. The van der Waals surface area contributed by atoms with Gasteiger partial charge in [-0.1, -0.05) is 24.3 Å². The number of carbonyl (C=O) groups excluding carboxylic acids is 1. The number of hydrogen-bond donors (Lipinski definition) is 1. The lowest BCUT2D eigenvalue weighted by atomic mass is 9.99. The highest BCUT2D eigenvalue weighted by atomic mass is 16.5. The summed E-state index contributed by atoms with van der Waals surface area (Å²) in [7, 11) is 0. The van der Waals surface area contributed by atoms with Crippen LogP contribution in [0.25, 0.3) is 6.08 Å². The quantitative estimate of drug-likeness (QED) is 0.829. The molecule has 3 heterocycles. The fourth-order valence-electron chi connectivity index (χ4n) is 3.82. The number of rotatable bonds is 5. The normalized spacial score (nSPS) is 23.2. The molecule has 2 aliphatic heterocycles. The second kappa shape index (κ2) is 9.72. The van der Waals surface area contributed by atoms with Gasteiger partial charge in [-0.25, -0.2) is 0 Å². The summed E-state index contributed by atoms with van der Waals surface area (Å²) < 4.78 is 10.8. The fourth-order valence-corrected chi connectivity index (χ4v) is 3.82. The van der Waals surface area contributed by atoms with Gasteiger partial charge in [0.15, 0.2) is 5.78 Å². The zero-order valence-corrected chi connectivity index (χ0v) is 16.7. The van der Waals surface area contributed by atoms with Crippen molar-refractivity contribution in [2.45, 2.75) is 25.3 Å². The minimum Gasteiger partial charge on any atom is -0.465 e. The molecule has 0 radical (unpaired) electrons. The first kappa shape index (κ1) is 19.7. The summed E-state index contributed by atoms with van der Waals surface area (Å²) in [5.74, 6) is 0.990. The van der Waals surface area contributed by atoms with Crippen molar-refractivity contribution in [2.24, 2.45) is 0 Å². The number of ether oxygens (including phenoxy) is 1. The molecule has 0 bridgehead atoms. The number of Topliss-reactive ketones (excluding diaryl/α,β-unsaturated/α-hetero) is 1. The van der Waals surface area contributed by atoms with Crippen LogP contribution in [0.1, 0.15) is 25.0 Å². The van der Waals surface area contributed by atoms with E-state index in [1.54, 1.807) is 6.26 Å². The molecule has 1 atom stereocenters. The van der Waals surface area contributed by atoms with Gasteiger partial charge in [-0.3, -0.25) is 4.79 Å². The molecule has 0 saturated carbocycles. The topological polar surface area (TPSA) is 54.7 Å². The number of hydrogen-bond acceptors (Lipinski definition) is 5. The average Bonchev–Trinajstić information content (AvgIpc) is 3.01. The predicted octanol–water partition coefficient (Wildman–Crippen LogP) is 3.64. The molecule has 1 fully saturated rings. The molecule has 1 N–H and O–H groups in total. The molecule has 1 aromatic heterocycles. The zero-order valence-electron chi connectivity index (χ0n) is 16.7. The third-order valence-corrected chi connectivity index (χ3v) is 5.48. The number of morpholine rings is 1. The first-order valence-corrected chi connectivity index (χ1v) is 10.4. The molecule has 1 aromatic rings. The maximum Gasteiger partial charge on any atom is 0.188 e. The van der Waals surface area contributed by atoms with Gasteiger partial charge in [0.05, 0.1) is 19.5 Å². The number of carbonyl (C=O) groups is 1. The van der Waals surface area contributed by atoms with Crippen LogP contribution in [0.15, 0.2) is 76.1 Å². The van der Waals surface area contributed by atoms with Crippen molar-refractivity contribution in [2.75, 3.05) is 32.8 Å². The van der Waals surface area contributed by atoms with Gasteiger partial charge in [-0.15, -0.1) is 0 Å². The smallest absolute Gasteiger partial charge is 0.188 e. The molecule has 1 unspecified atom stereocenters. The molecule has 1 saturated heterocycles.